The topological polar surface area (TPSA) is 31.2 Å². The molecule has 3 rings (SSSR count). The Morgan fingerprint density at radius 3 is 2.95 bits per heavy atom. The van der Waals surface area contributed by atoms with Gasteiger partial charge in [-0.15, -0.1) is 0 Å². The van der Waals surface area contributed by atoms with Crippen molar-refractivity contribution in [1.29, 1.82) is 0 Å². The lowest BCUT2D eigenvalue weighted by molar-refractivity contribution is 0.0591. The van der Waals surface area contributed by atoms with E-state index in [-0.39, 0.29) is 12.0 Å². The van der Waals surface area contributed by atoms with Crippen LogP contribution in [0.1, 0.15) is 35.6 Å². The zero-order chi connectivity index (χ0) is 13.4. The zero-order valence-corrected chi connectivity index (χ0v) is 10.7. The maximum absolute atomic E-state index is 13.7. The highest BCUT2D eigenvalue weighted by molar-refractivity contribution is 5.91. The fraction of sp³-hybridized carbons (Fsp3) is 0.333. The van der Waals surface area contributed by atoms with Gasteiger partial charge in [-0.1, -0.05) is 6.92 Å². The molecule has 0 spiro atoms. The Balaban J connectivity index is 2.28. The second-order valence-corrected chi connectivity index (χ2v) is 4.72. The number of fused-ring (bicyclic) bond motifs is 1. The van der Waals surface area contributed by atoms with Gasteiger partial charge < -0.3 is 9.30 Å². The molecule has 0 bridgehead atoms. The Morgan fingerprint density at radius 1 is 1.47 bits per heavy atom. The van der Waals surface area contributed by atoms with Gasteiger partial charge in [0.1, 0.15) is 12.0 Å². The quantitative estimate of drug-likeness (QED) is 0.793. The van der Waals surface area contributed by atoms with Crippen LogP contribution in [-0.4, -0.2) is 17.5 Å². The highest BCUT2D eigenvalue weighted by Gasteiger charge is 2.23. The minimum Gasteiger partial charge on any atom is -0.358 e. The first-order valence-corrected chi connectivity index (χ1v) is 6.46. The number of benzene rings is 1. The number of carbonyl (C=O) groups excluding carboxylic acids is 1. The molecule has 1 atom stereocenters. The third-order valence-electron chi connectivity index (χ3n) is 3.60. The first kappa shape index (κ1) is 12.4. The molecule has 1 aromatic carbocycles. The van der Waals surface area contributed by atoms with Crippen molar-refractivity contribution in [3.63, 3.8) is 0 Å². The smallest absolute Gasteiger partial charge is 0.166 e. The zero-order valence-electron chi connectivity index (χ0n) is 10.7. The van der Waals surface area contributed by atoms with E-state index < -0.39 is 0 Å². The molecule has 4 heteroatoms. The third-order valence-corrected chi connectivity index (χ3v) is 3.60. The predicted molar refractivity (Wildman–Crippen MR) is 70.6 cm³/mol. The van der Waals surface area contributed by atoms with Gasteiger partial charge >= 0.3 is 0 Å². The fourth-order valence-corrected chi connectivity index (χ4v) is 2.72. The number of halogens is 1. The molecule has 99 valence electrons. The summed E-state index contributed by atoms with van der Waals surface area (Å²) in [6, 6.07) is 4.83. The normalized spacial score (nSPS) is 19.2. The Kier molecular flexibility index (Phi) is 3.11. The fourth-order valence-electron chi connectivity index (χ4n) is 2.72. The van der Waals surface area contributed by atoms with E-state index in [4.69, 9.17) is 4.74 Å². The number of hydrogen-bond acceptors (Lipinski definition) is 2. The van der Waals surface area contributed by atoms with Crippen LogP contribution in [0, 0.1) is 12.2 Å². The lowest BCUT2D eigenvalue weighted by atomic mass is 10.1. The van der Waals surface area contributed by atoms with Gasteiger partial charge in [0.25, 0.3) is 0 Å². The van der Waals surface area contributed by atoms with E-state index in [2.05, 4.69) is 0 Å². The highest BCUT2D eigenvalue weighted by Crippen LogP contribution is 2.32. The Bertz CT molecular complexity index is 627. The van der Waals surface area contributed by atoms with E-state index in [0.717, 1.165) is 35.6 Å². The van der Waals surface area contributed by atoms with Gasteiger partial charge in [-0.25, -0.2) is 4.39 Å². The molecule has 3 nitrogen and oxygen atoms in total. The van der Waals surface area contributed by atoms with Crippen molar-refractivity contribution in [3.8, 4) is 0 Å². The Hall–Kier alpha value is -1.68. The van der Waals surface area contributed by atoms with Gasteiger partial charge in [-0.3, -0.25) is 4.79 Å². The minimum atomic E-state index is -0.275. The van der Waals surface area contributed by atoms with Crippen molar-refractivity contribution in [2.75, 3.05) is 6.61 Å². The maximum Gasteiger partial charge on any atom is 0.166 e. The molecule has 1 unspecified atom stereocenters. The highest BCUT2D eigenvalue weighted by atomic mass is 19.1. The molecular formula is C15H15FNO2. The van der Waals surface area contributed by atoms with Crippen molar-refractivity contribution >= 4 is 17.2 Å². The summed E-state index contributed by atoms with van der Waals surface area (Å²) in [6.07, 6.45) is 4.09. The van der Waals surface area contributed by atoms with Crippen molar-refractivity contribution in [3.05, 3.63) is 41.7 Å². The molecule has 0 saturated carbocycles. The van der Waals surface area contributed by atoms with Gasteiger partial charge in [0.05, 0.1) is 17.8 Å². The van der Waals surface area contributed by atoms with Crippen LogP contribution >= 0.6 is 0 Å². The molecule has 0 amide bonds. The van der Waals surface area contributed by atoms with Crippen molar-refractivity contribution < 1.29 is 13.9 Å². The summed E-state index contributed by atoms with van der Waals surface area (Å²) in [6.45, 7) is 2.55. The van der Waals surface area contributed by atoms with Crippen molar-refractivity contribution in [2.24, 2.45) is 0 Å². The maximum atomic E-state index is 13.7. The molecule has 1 fully saturated rings. The summed E-state index contributed by atoms with van der Waals surface area (Å²) in [5.74, 6) is -0.275. The SMILES string of the molecule is CCc1cc(F)cc2c1cc(C=O)n2C1C[CH]CO1. The molecule has 1 aromatic heterocycles. The molecule has 19 heavy (non-hydrogen) atoms. The Morgan fingerprint density at radius 2 is 2.32 bits per heavy atom. The molecule has 0 N–H and O–H groups in total. The summed E-state index contributed by atoms with van der Waals surface area (Å²) >= 11 is 0. The number of aryl methyl sites for hydroxylation is 1. The van der Waals surface area contributed by atoms with E-state index in [1.807, 2.05) is 19.4 Å². The lowest BCUT2D eigenvalue weighted by Crippen LogP contribution is -2.10. The van der Waals surface area contributed by atoms with Gasteiger partial charge in [-0.05, 0) is 43.0 Å². The molecule has 1 aliphatic rings. The van der Waals surface area contributed by atoms with E-state index >= 15 is 0 Å². The summed E-state index contributed by atoms with van der Waals surface area (Å²) in [5.41, 5.74) is 2.19. The van der Waals surface area contributed by atoms with Crippen LogP contribution in [-0.2, 0) is 11.2 Å². The Labute approximate surface area is 111 Å². The molecule has 0 aliphatic carbocycles. The number of ether oxygens (including phenoxy) is 1. The molecule has 2 aromatic rings. The third kappa shape index (κ3) is 1.96. The summed E-state index contributed by atoms with van der Waals surface area (Å²) in [4.78, 5) is 11.3. The van der Waals surface area contributed by atoms with Crippen LogP contribution in [0.4, 0.5) is 4.39 Å². The van der Waals surface area contributed by atoms with Crippen molar-refractivity contribution in [2.45, 2.75) is 26.0 Å². The van der Waals surface area contributed by atoms with Gasteiger partial charge in [0.2, 0.25) is 0 Å². The second kappa shape index (κ2) is 4.78. The standard InChI is InChI=1S/C15H15FNO2/c1-2-10-6-11(16)7-14-13(10)8-12(9-18)17(14)15-4-3-5-19-15/h3,6-9,15H,2,4-5H2,1H3. The molecule has 1 radical (unpaired) electrons. The van der Waals surface area contributed by atoms with Crippen LogP contribution in [0.5, 0.6) is 0 Å². The molecule has 2 heterocycles. The second-order valence-electron chi connectivity index (χ2n) is 4.72. The monoisotopic (exact) mass is 260 g/mol. The van der Waals surface area contributed by atoms with Crippen LogP contribution < -0.4 is 0 Å². The van der Waals surface area contributed by atoms with Crippen LogP contribution in [0.25, 0.3) is 10.9 Å². The molecule has 1 saturated heterocycles. The van der Waals surface area contributed by atoms with Crippen LogP contribution in [0.15, 0.2) is 18.2 Å². The number of carbonyl (C=O) groups is 1. The summed E-state index contributed by atoms with van der Waals surface area (Å²) < 4.78 is 21.1. The van der Waals surface area contributed by atoms with E-state index in [0.29, 0.717) is 12.3 Å². The first-order valence-electron chi connectivity index (χ1n) is 6.46. The number of nitrogens with zero attached hydrogens (tertiary/aromatic N) is 1. The first-order chi connectivity index (χ1) is 9.24. The largest absolute Gasteiger partial charge is 0.358 e. The average molecular weight is 260 g/mol. The van der Waals surface area contributed by atoms with Crippen molar-refractivity contribution in [1.82, 2.24) is 4.57 Å². The van der Waals surface area contributed by atoms with E-state index in [1.165, 1.54) is 12.1 Å². The number of hydrogen-bond donors (Lipinski definition) is 0. The predicted octanol–water partition coefficient (Wildman–Crippen LogP) is 3.28. The number of aldehydes is 1. The van der Waals surface area contributed by atoms with Gasteiger partial charge in [0.15, 0.2) is 6.29 Å². The lowest BCUT2D eigenvalue weighted by Gasteiger charge is -2.15. The van der Waals surface area contributed by atoms with Gasteiger partial charge in [0, 0.05) is 5.39 Å². The van der Waals surface area contributed by atoms with E-state index in [1.54, 1.807) is 4.57 Å². The molecular weight excluding hydrogens is 245 g/mol. The summed E-state index contributed by atoms with van der Waals surface area (Å²) in [7, 11) is 0. The summed E-state index contributed by atoms with van der Waals surface area (Å²) in [5, 5.41) is 0.932. The van der Waals surface area contributed by atoms with Gasteiger partial charge in [-0.2, -0.15) is 0 Å². The van der Waals surface area contributed by atoms with Crippen LogP contribution in [0.3, 0.4) is 0 Å². The molecule has 1 aliphatic heterocycles. The minimum absolute atomic E-state index is 0.204. The number of aromatic nitrogens is 1. The number of rotatable bonds is 3. The van der Waals surface area contributed by atoms with E-state index in [9.17, 15) is 9.18 Å². The average Bonchev–Trinajstić information content (AvgIpc) is 3.03. The van der Waals surface area contributed by atoms with Crippen LogP contribution in [0.2, 0.25) is 0 Å².